The lowest BCUT2D eigenvalue weighted by Crippen LogP contribution is -2.21. The van der Waals surface area contributed by atoms with Crippen molar-refractivity contribution in [3.8, 4) is 0 Å². The van der Waals surface area contributed by atoms with E-state index in [9.17, 15) is 0 Å². The molecule has 112 valence electrons. The Kier molecular flexibility index (Phi) is 7.03. The van der Waals surface area contributed by atoms with Crippen LogP contribution in [0, 0.1) is 0 Å². The number of hydrogen-bond donors (Lipinski definition) is 1. The van der Waals surface area contributed by atoms with Crippen molar-refractivity contribution < 1.29 is 0 Å². The van der Waals surface area contributed by atoms with E-state index in [0.29, 0.717) is 5.92 Å². The molecule has 1 heteroatoms. The van der Waals surface area contributed by atoms with Crippen molar-refractivity contribution in [3.63, 3.8) is 0 Å². The predicted octanol–water partition coefficient (Wildman–Crippen LogP) is 4.79. The van der Waals surface area contributed by atoms with Crippen molar-refractivity contribution >= 4 is 0 Å². The number of likely N-dealkylation sites (N-methyl/N-ethyl adjacent to an activating group) is 1. The van der Waals surface area contributed by atoms with Crippen LogP contribution < -0.4 is 5.32 Å². The van der Waals surface area contributed by atoms with Crippen LogP contribution in [0.2, 0.25) is 0 Å². The van der Waals surface area contributed by atoms with Crippen LogP contribution >= 0.6 is 0 Å². The normalized spacial score (nSPS) is 12.2. The van der Waals surface area contributed by atoms with Gasteiger partial charge in [-0.25, -0.2) is 0 Å². The van der Waals surface area contributed by atoms with Crippen LogP contribution in [0.4, 0.5) is 0 Å². The van der Waals surface area contributed by atoms with E-state index in [1.807, 2.05) is 0 Å². The molecule has 0 aliphatic carbocycles. The molecule has 0 fully saturated rings. The van der Waals surface area contributed by atoms with Crippen molar-refractivity contribution in [1.82, 2.24) is 5.32 Å². The summed E-state index contributed by atoms with van der Waals surface area (Å²) in [6, 6.07) is 21.7. The Bertz CT molecular complexity index is 478. The maximum atomic E-state index is 3.51. The van der Waals surface area contributed by atoms with E-state index in [4.69, 9.17) is 0 Å². The third-order valence-corrected chi connectivity index (χ3v) is 4.02. The number of unbranched alkanes of at least 4 members (excludes halogenated alkanes) is 1. The highest BCUT2D eigenvalue weighted by Gasteiger charge is 2.10. The van der Waals surface area contributed by atoms with E-state index >= 15 is 0 Å². The second kappa shape index (κ2) is 9.36. The summed E-state index contributed by atoms with van der Waals surface area (Å²) in [5.74, 6) is 0.641. The van der Waals surface area contributed by atoms with Gasteiger partial charge < -0.3 is 5.32 Å². The van der Waals surface area contributed by atoms with E-state index in [1.165, 1.54) is 36.8 Å². The lowest BCUT2D eigenvalue weighted by molar-refractivity contribution is 0.530. The third kappa shape index (κ3) is 5.73. The van der Waals surface area contributed by atoms with Crippen LogP contribution in [-0.2, 0) is 6.42 Å². The van der Waals surface area contributed by atoms with Crippen molar-refractivity contribution in [2.24, 2.45) is 0 Å². The maximum absolute atomic E-state index is 3.51. The molecule has 1 nitrogen and oxygen atoms in total. The topological polar surface area (TPSA) is 12.0 Å². The number of hydrogen-bond acceptors (Lipinski definition) is 1. The fourth-order valence-corrected chi connectivity index (χ4v) is 2.79. The summed E-state index contributed by atoms with van der Waals surface area (Å²) in [7, 11) is 0. The lowest BCUT2D eigenvalue weighted by atomic mass is 9.92. The molecule has 0 saturated heterocycles. The molecule has 1 atom stereocenters. The van der Waals surface area contributed by atoms with E-state index in [0.717, 1.165) is 13.1 Å². The first-order valence-corrected chi connectivity index (χ1v) is 8.19. The van der Waals surface area contributed by atoms with Gasteiger partial charge in [-0.1, -0.05) is 74.0 Å². The van der Waals surface area contributed by atoms with Gasteiger partial charge in [0.15, 0.2) is 0 Å². The molecule has 0 aromatic heterocycles. The molecule has 0 aliphatic rings. The Hall–Kier alpha value is -1.60. The molecule has 0 heterocycles. The molecule has 1 unspecified atom stereocenters. The van der Waals surface area contributed by atoms with Crippen molar-refractivity contribution in [2.45, 2.75) is 38.5 Å². The van der Waals surface area contributed by atoms with Crippen LogP contribution in [0.3, 0.4) is 0 Å². The van der Waals surface area contributed by atoms with Gasteiger partial charge >= 0.3 is 0 Å². The van der Waals surface area contributed by atoms with Crippen molar-refractivity contribution in [2.75, 3.05) is 13.1 Å². The quantitative estimate of drug-likeness (QED) is 0.651. The average molecular weight is 281 g/mol. The van der Waals surface area contributed by atoms with Crippen LogP contribution in [-0.4, -0.2) is 13.1 Å². The van der Waals surface area contributed by atoms with Crippen LogP contribution in [0.15, 0.2) is 60.7 Å². The van der Waals surface area contributed by atoms with Gasteiger partial charge in [0.05, 0.1) is 0 Å². The highest BCUT2D eigenvalue weighted by Crippen LogP contribution is 2.22. The summed E-state index contributed by atoms with van der Waals surface area (Å²) in [5, 5.41) is 3.51. The molecule has 1 N–H and O–H groups in total. The van der Waals surface area contributed by atoms with E-state index in [-0.39, 0.29) is 0 Å². The fourth-order valence-electron chi connectivity index (χ4n) is 2.79. The highest BCUT2D eigenvalue weighted by molar-refractivity contribution is 5.20. The Morgan fingerprint density at radius 1 is 0.857 bits per heavy atom. The first kappa shape index (κ1) is 15.8. The van der Waals surface area contributed by atoms with Gasteiger partial charge in [-0.3, -0.25) is 0 Å². The first-order valence-electron chi connectivity index (χ1n) is 8.19. The number of aryl methyl sites for hydroxylation is 1. The van der Waals surface area contributed by atoms with Gasteiger partial charge in [-0.2, -0.15) is 0 Å². The molecule has 0 radical (unpaired) electrons. The average Bonchev–Trinajstić information content (AvgIpc) is 2.56. The lowest BCUT2D eigenvalue weighted by Gasteiger charge is -2.17. The molecule has 0 bridgehead atoms. The summed E-state index contributed by atoms with van der Waals surface area (Å²) in [5.41, 5.74) is 2.93. The van der Waals surface area contributed by atoms with E-state index < -0.39 is 0 Å². The van der Waals surface area contributed by atoms with Gasteiger partial charge in [0.25, 0.3) is 0 Å². The standard InChI is InChI=1S/C20H27N/c1-2-21-17-20(19-14-7-4-8-15-19)16-10-9-13-18-11-5-3-6-12-18/h3-8,11-12,14-15,20-21H,2,9-10,13,16-17H2,1H3. The zero-order valence-electron chi connectivity index (χ0n) is 13.1. The zero-order valence-corrected chi connectivity index (χ0v) is 13.1. The Morgan fingerprint density at radius 2 is 1.52 bits per heavy atom. The summed E-state index contributed by atoms with van der Waals surface area (Å²) < 4.78 is 0. The number of benzene rings is 2. The molecular formula is C20H27N. The minimum atomic E-state index is 0.641. The van der Waals surface area contributed by atoms with Gasteiger partial charge in [0, 0.05) is 6.54 Å². The van der Waals surface area contributed by atoms with E-state index in [2.05, 4.69) is 72.9 Å². The van der Waals surface area contributed by atoms with Gasteiger partial charge in [0.2, 0.25) is 0 Å². The molecule has 0 amide bonds. The summed E-state index contributed by atoms with van der Waals surface area (Å²) in [6.07, 6.45) is 5.03. The van der Waals surface area contributed by atoms with Crippen LogP contribution in [0.1, 0.15) is 43.2 Å². The Labute approximate surface area is 129 Å². The molecule has 0 saturated carbocycles. The largest absolute Gasteiger partial charge is 0.316 e. The number of nitrogens with one attached hydrogen (secondary N) is 1. The maximum Gasteiger partial charge on any atom is 0.00200 e. The third-order valence-electron chi connectivity index (χ3n) is 4.02. The zero-order chi connectivity index (χ0) is 14.8. The second-order valence-corrected chi connectivity index (χ2v) is 5.65. The molecule has 0 spiro atoms. The molecule has 2 aromatic carbocycles. The highest BCUT2D eigenvalue weighted by atomic mass is 14.8. The molecule has 2 aromatic rings. The molecule has 2 rings (SSSR count). The molecule has 0 aliphatic heterocycles. The predicted molar refractivity (Wildman–Crippen MR) is 91.7 cm³/mol. The second-order valence-electron chi connectivity index (χ2n) is 5.65. The van der Waals surface area contributed by atoms with Gasteiger partial charge in [-0.05, 0) is 42.9 Å². The van der Waals surface area contributed by atoms with Crippen molar-refractivity contribution in [1.29, 1.82) is 0 Å². The molecular weight excluding hydrogens is 254 g/mol. The minimum absolute atomic E-state index is 0.641. The SMILES string of the molecule is CCNCC(CCCCc1ccccc1)c1ccccc1. The van der Waals surface area contributed by atoms with Gasteiger partial charge in [-0.15, -0.1) is 0 Å². The van der Waals surface area contributed by atoms with Crippen LogP contribution in [0.25, 0.3) is 0 Å². The molecule has 21 heavy (non-hydrogen) atoms. The van der Waals surface area contributed by atoms with E-state index in [1.54, 1.807) is 0 Å². The summed E-state index contributed by atoms with van der Waals surface area (Å²) in [6.45, 7) is 4.32. The first-order chi connectivity index (χ1) is 10.4. The van der Waals surface area contributed by atoms with Crippen molar-refractivity contribution in [3.05, 3.63) is 71.8 Å². The fraction of sp³-hybridized carbons (Fsp3) is 0.400. The monoisotopic (exact) mass is 281 g/mol. The van der Waals surface area contributed by atoms with Crippen LogP contribution in [0.5, 0.6) is 0 Å². The minimum Gasteiger partial charge on any atom is -0.316 e. The smallest absolute Gasteiger partial charge is 0.00200 e. The van der Waals surface area contributed by atoms with Gasteiger partial charge in [0.1, 0.15) is 0 Å². The number of rotatable bonds is 9. The Balaban J connectivity index is 1.79. The Morgan fingerprint density at radius 3 is 2.19 bits per heavy atom. The summed E-state index contributed by atoms with van der Waals surface area (Å²) in [4.78, 5) is 0. The summed E-state index contributed by atoms with van der Waals surface area (Å²) >= 11 is 0.